The van der Waals surface area contributed by atoms with Gasteiger partial charge in [0.1, 0.15) is 0 Å². The maximum absolute atomic E-state index is 10.1. The first kappa shape index (κ1) is 17.5. The lowest BCUT2D eigenvalue weighted by atomic mass is 10.3. The van der Waals surface area contributed by atoms with Crippen LogP contribution in [-0.2, 0) is 13.8 Å². The Morgan fingerprint density at radius 1 is 1.07 bits per heavy atom. The van der Waals surface area contributed by atoms with E-state index in [0.29, 0.717) is 6.42 Å². The van der Waals surface area contributed by atoms with E-state index >= 15 is 0 Å². The number of ether oxygens (including phenoxy) is 1. The minimum atomic E-state index is -4.21. The second-order valence-corrected chi connectivity index (χ2v) is 4.05. The molecule has 5 nitrogen and oxygen atoms in total. The summed E-state index contributed by atoms with van der Waals surface area (Å²) in [6, 6.07) is 0. The summed E-state index contributed by atoms with van der Waals surface area (Å²) in [6.45, 7) is 7.83. The van der Waals surface area contributed by atoms with Gasteiger partial charge in [0.15, 0.2) is 0 Å². The third-order valence-corrected chi connectivity index (χ3v) is 1.93. The van der Waals surface area contributed by atoms with Crippen molar-refractivity contribution in [2.45, 2.75) is 40.0 Å². The summed E-state index contributed by atoms with van der Waals surface area (Å²) >= 11 is 0. The zero-order valence-corrected chi connectivity index (χ0v) is 10.7. The van der Waals surface area contributed by atoms with Gasteiger partial charge in [0.25, 0.3) is 0 Å². The minimum Gasteiger partial charge on any atom is -0.382 e. The van der Waals surface area contributed by atoms with E-state index in [9.17, 15) is 4.57 Å². The Kier molecular flexibility index (Phi) is 14.1. The van der Waals surface area contributed by atoms with Crippen LogP contribution in [0.4, 0.5) is 0 Å². The van der Waals surface area contributed by atoms with Crippen molar-refractivity contribution in [2.24, 2.45) is 0 Å². The largest absolute Gasteiger partial charge is 0.469 e. The third kappa shape index (κ3) is 24.9. The van der Waals surface area contributed by atoms with E-state index in [0.717, 1.165) is 26.1 Å². The molecule has 0 rings (SSSR count). The summed E-state index contributed by atoms with van der Waals surface area (Å²) in [5.41, 5.74) is 0. The molecular formula is C9H23O5P. The van der Waals surface area contributed by atoms with Crippen LogP contribution in [-0.4, -0.2) is 29.6 Å². The first-order valence-electron chi connectivity index (χ1n) is 5.25. The molecule has 0 aliphatic rings. The van der Waals surface area contributed by atoms with Crippen LogP contribution in [0.3, 0.4) is 0 Å². The van der Waals surface area contributed by atoms with Crippen molar-refractivity contribution in [2.75, 3.05) is 19.8 Å². The van der Waals surface area contributed by atoms with Gasteiger partial charge in [-0.15, -0.1) is 0 Å². The molecule has 0 heterocycles. The average Bonchev–Trinajstić information content (AvgIpc) is 2.13. The standard InChI is InChI=1S/C5H13O4P.C4H10O/c1-2-3-4-5-9-10(6,7)8;1-3-5-4-2/h2-5H2,1H3,(H2,6,7,8);3-4H2,1-2H3. The van der Waals surface area contributed by atoms with Crippen molar-refractivity contribution < 1.29 is 23.6 Å². The van der Waals surface area contributed by atoms with E-state index in [4.69, 9.17) is 14.5 Å². The van der Waals surface area contributed by atoms with E-state index in [2.05, 4.69) is 4.52 Å². The first-order chi connectivity index (χ1) is 6.97. The molecular weight excluding hydrogens is 219 g/mol. The van der Waals surface area contributed by atoms with Crippen molar-refractivity contribution in [1.82, 2.24) is 0 Å². The number of phosphoric acid groups is 1. The van der Waals surface area contributed by atoms with Gasteiger partial charge in [0, 0.05) is 13.2 Å². The molecule has 0 radical (unpaired) electrons. The van der Waals surface area contributed by atoms with E-state index in [-0.39, 0.29) is 6.61 Å². The zero-order chi connectivity index (χ0) is 12.2. The molecule has 0 unspecified atom stereocenters. The van der Waals surface area contributed by atoms with Gasteiger partial charge in [-0.05, 0) is 20.3 Å². The Morgan fingerprint density at radius 3 is 1.87 bits per heavy atom. The van der Waals surface area contributed by atoms with Gasteiger partial charge in [-0.25, -0.2) is 4.57 Å². The predicted molar refractivity (Wildman–Crippen MR) is 59.7 cm³/mol. The van der Waals surface area contributed by atoms with Gasteiger partial charge in [0.05, 0.1) is 6.61 Å². The molecule has 0 bridgehead atoms. The van der Waals surface area contributed by atoms with Gasteiger partial charge in [-0.1, -0.05) is 19.8 Å². The Bertz CT molecular complexity index is 155. The number of rotatable bonds is 7. The molecule has 0 aliphatic heterocycles. The average molecular weight is 242 g/mol. The summed E-state index contributed by atoms with van der Waals surface area (Å²) < 4.78 is 19.1. The smallest absolute Gasteiger partial charge is 0.382 e. The van der Waals surface area contributed by atoms with Crippen LogP contribution in [0.25, 0.3) is 0 Å². The lowest BCUT2D eigenvalue weighted by Crippen LogP contribution is -1.91. The summed E-state index contributed by atoms with van der Waals surface area (Å²) in [7, 11) is -4.21. The third-order valence-electron chi connectivity index (χ3n) is 1.42. The summed E-state index contributed by atoms with van der Waals surface area (Å²) in [6.07, 6.45) is 2.67. The van der Waals surface area contributed by atoms with E-state index in [1.807, 2.05) is 20.8 Å². The maximum Gasteiger partial charge on any atom is 0.469 e. The van der Waals surface area contributed by atoms with Gasteiger partial charge < -0.3 is 14.5 Å². The summed E-state index contributed by atoms with van der Waals surface area (Å²) in [5, 5.41) is 0. The van der Waals surface area contributed by atoms with Gasteiger partial charge >= 0.3 is 7.82 Å². The highest BCUT2D eigenvalue weighted by Crippen LogP contribution is 2.35. The van der Waals surface area contributed by atoms with Gasteiger partial charge in [-0.3, -0.25) is 4.52 Å². The lowest BCUT2D eigenvalue weighted by Gasteiger charge is -2.02. The molecule has 0 atom stereocenters. The first-order valence-corrected chi connectivity index (χ1v) is 6.78. The molecule has 0 saturated carbocycles. The van der Waals surface area contributed by atoms with Crippen molar-refractivity contribution in [3.8, 4) is 0 Å². The molecule has 0 aliphatic carbocycles. The van der Waals surface area contributed by atoms with Crippen LogP contribution < -0.4 is 0 Å². The molecule has 0 aromatic rings. The summed E-state index contributed by atoms with van der Waals surface area (Å²) in [4.78, 5) is 16.4. The predicted octanol–water partition coefficient (Wildman–Crippen LogP) is 2.33. The molecule has 15 heavy (non-hydrogen) atoms. The van der Waals surface area contributed by atoms with Crippen molar-refractivity contribution in [1.29, 1.82) is 0 Å². The fraction of sp³-hybridized carbons (Fsp3) is 1.00. The molecule has 0 aromatic carbocycles. The SMILES string of the molecule is CCCCCOP(=O)(O)O.CCOCC. The quantitative estimate of drug-likeness (QED) is 0.529. The molecule has 0 amide bonds. The van der Waals surface area contributed by atoms with Crippen LogP contribution in [0.1, 0.15) is 40.0 Å². The van der Waals surface area contributed by atoms with Crippen LogP contribution in [0, 0.1) is 0 Å². The highest BCUT2D eigenvalue weighted by Gasteiger charge is 2.11. The van der Waals surface area contributed by atoms with Gasteiger partial charge in [-0.2, -0.15) is 0 Å². The molecule has 0 spiro atoms. The Balaban J connectivity index is 0. The highest BCUT2D eigenvalue weighted by atomic mass is 31.2. The lowest BCUT2D eigenvalue weighted by molar-refractivity contribution is 0.162. The molecule has 94 valence electrons. The molecule has 2 N–H and O–H groups in total. The summed E-state index contributed by atoms with van der Waals surface area (Å²) in [5.74, 6) is 0. The number of phosphoric ester groups is 1. The fourth-order valence-corrected chi connectivity index (χ4v) is 1.11. The number of unbranched alkanes of at least 4 members (excludes halogenated alkanes) is 2. The van der Waals surface area contributed by atoms with Crippen LogP contribution in [0.15, 0.2) is 0 Å². The Labute approximate surface area is 92.0 Å². The molecule has 0 saturated heterocycles. The van der Waals surface area contributed by atoms with Crippen LogP contribution >= 0.6 is 7.82 Å². The van der Waals surface area contributed by atoms with Crippen molar-refractivity contribution in [3.05, 3.63) is 0 Å². The second-order valence-electron chi connectivity index (χ2n) is 2.81. The Hall–Kier alpha value is 0.0700. The molecule has 6 heteroatoms. The van der Waals surface area contributed by atoms with E-state index in [1.54, 1.807) is 0 Å². The van der Waals surface area contributed by atoms with Crippen molar-refractivity contribution in [3.63, 3.8) is 0 Å². The topological polar surface area (TPSA) is 76.0 Å². The normalized spacial score (nSPS) is 10.7. The van der Waals surface area contributed by atoms with E-state index in [1.165, 1.54) is 0 Å². The van der Waals surface area contributed by atoms with Crippen LogP contribution in [0.5, 0.6) is 0 Å². The zero-order valence-electron chi connectivity index (χ0n) is 9.81. The number of hydrogen-bond acceptors (Lipinski definition) is 3. The Morgan fingerprint density at radius 2 is 1.60 bits per heavy atom. The second kappa shape index (κ2) is 12.1. The maximum atomic E-state index is 10.1. The number of hydrogen-bond donors (Lipinski definition) is 2. The van der Waals surface area contributed by atoms with Crippen molar-refractivity contribution >= 4 is 7.82 Å². The van der Waals surface area contributed by atoms with E-state index < -0.39 is 7.82 Å². The van der Waals surface area contributed by atoms with Gasteiger partial charge in [0.2, 0.25) is 0 Å². The fourth-order valence-electron chi connectivity index (χ4n) is 0.740. The van der Waals surface area contributed by atoms with Crippen LogP contribution in [0.2, 0.25) is 0 Å². The minimum absolute atomic E-state index is 0.151. The molecule has 0 aromatic heterocycles. The highest BCUT2D eigenvalue weighted by molar-refractivity contribution is 7.46. The monoisotopic (exact) mass is 242 g/mol. The molecule has 0 fully saturated rings.